The van der Waals surface area contributed by atoms with Crippen molar-refractivity contribution in [2.75, 3.05) is 6.61 Å². The molecule has 0 aromatic rings. The van der Waals surface area contributed by atoms with Crippen molar-refractivity contribution in [3.63, 3.8) is 0 Å². The van der Waals surface area contributed by atoms with E-state index in [2.05, 4.69) is 0 Å². The number of hydrogen-bond acceptors (Lipinski definition) is 2. The number of rotatable bonds is 5. The van der Waals surface area contributed by atoms with Gasteiger partial charge in [0.25, 0.3) is 0 Å². The molecule has 0 heterocycles. The fourth-order valence-electron chi connectivity index (χ4n) is 0.909. The molecular weight excluding hydrogens is 219 g/mol. The molecule has 0 spiro atoms. The van der Waals surface area contributed by atoms with E-state index in [0.717, 1.165) is 12.8 Å². The number of carbonyl (C=O) groups is 1. The molecule has 0 aliphatic heterocycles. The van der Waals surface area contributed by atoms with Crippen LogP contribution < -0.4 is 0 Å². The van der Waals surface area contributed by atoms with Gasteiger partial charge in [-0.2, -0.15) is 0 Å². The zero-order valence-electron chi connectivity index (χ0n) is 7.26. The van der Waals surface area contributed by atoms with Crippen LogP contribution in [0, 0.1) is 5.92 Å². The number of ketones is 1. The van der Waals surface area contributed by atoms with Crippen molar-refractivity contribution in [3.8, 4) is 0 Å². The van der Waals surface area contributed by atoms with Crippen LogP contribution in [0.5, 0.6) is 0 Å². The summed E-state index contributed by atoms with van der Waals surface area (Å²) in [4.78, 5) is 11.0. The van der Waals surface area contributed by atoms with Crippen LogP contribution in [0.3, 0.4) is 0 Å². The summed E-state index contributed by atoms with van der Waals surface area (Å²) in [6.45, 7) is 3.91. The molecule has 64 valence electrons. The van der Waals surface area contributed by atoms with Crippen LogP contribution in [-0.2, 0) is 31.0 Å². The van der Waals surface area contributed by atoms with E-state index < -0.39 is 0 Å². The van der Waals surface area contributed by atoms with Gasteiger partial charge in [-0.1, -0.05) is 13.8 Å². The molecule has 0 saturated carbocycles. The molecule has 0 amide bonds. The van der Waals surface area contributed by atoms with E-state index in [-0.39, 0.29) is 44.5 Å². The minimum Gasteiger partial charge on any atom is -0.396 e. The Morgan fingerprint density at radius 1 is 1.45 bits per heavy atom. The Bertz CT molecular complexity index is 100. The molecule has 2 nitrogen and oxygen atoms in total. The maximum Gasteiger partial charge on any atom is 0.138 e. The van der Waals surface area contributed by atoms with Gasteiger partial charge in [0.1, 0.15) is 5.78 Å². The first kappa shape index (κ1) is 14.1. The summed E-state index contributed by atoms with van der Waals surface area (Å²) in [5, 5.41) is 8.70. The predicted octanol–water partition coefficient (Wildman–Crippen LogP) is 1.37. The smallest absolute Gasteiger partial charge is 0.138 e. The number of hydrogen-bond donors (Lipinski definition) is 1. The summed E-state index contributed by atoms with van der Waals surface area (Å²) in [5.74, 6) is 0.0902. The first-order chi connectivity index (χ1) is 4.76. The molecule has 0 aliphatic carbocycles. The Morgan fingerprint density at radius 2 is 2.00 bits per heavy atom. The van der Waals surface area contributed by atoms with Crippen molar-refractivity contribution >= 4 is 5.78 Å². The number of carbonyl (C=O) groups excluding carboxylic acids is 1. The second-order valence-electron chi connectivity index (χ2n) is 2.50. The first-order valence-electron chi connectivity index (χ1n) is 3.89. The van der Waals surface area contributed by atoms with Crippen molar-refractivity contribution < 1.29 is 36.1 Å². The summed E-state index contributed by atoms with van der Waals surface area (Å²) < 4.78 is 0. The molecule has 0 aliphatic rings. The average Bonchev–Trinajstić information content (AvgIpc) is 1.91. The van der Waals surface area contributed by atoms with E-state index in [1.165, 1.54) is 0 Å². The van der Waals surface area contributed by atoms with Crippen LogP contribution in [-0.4, -0.2) is 17.5 Å². The van der Waals surface area contributed by atoms with Crippen molar-refractivity contribution in [1.29, 1.82) is 0 Å². The van der Waals surface area contributed by atoms with Gasteiger partial charge in [0.15, 0.2) is 0 Å². The molecule has 1 unspecified atom stereocenters. The van der Waals surface area contributed by atoms with Crippen molar-refractivity contribution in [2.24, 2.45) is 5.92 Å². The molecule has 0 fully saturated rings. The molecule has 0 aromatic carbocycles. The van der Waals surface area contributed by atoms with Crippen LogP contribution >= 0.6 is 0 Å². The quantitative estimate of drug-likeness (QED) is 0.781. The Morgan fingerprint density at radius 3 is 2.27 bits per heavy atom. The number of aliphatic hydroxyl groups is 1. The van der Waals surface area contributed by atoms with Crippen LogP contribution in [0.1, 0.15) is 33.1 Å². The summed E-state index contributed by atoms with van der Waals surface area (Å²) in [7, 11) is 0. The maximum absolute atomic E-state index is 11.0. The summed E-state index contributed by atoms with van der Waals surface area (Å²) in [5.41, 5.74) is 0. The van der Waals surface area contributed by atoms with Gasteiger partial charge in [-0.15, -0.1) is 0 Å². The van der Waals surface area contributed by atoms with Crippen molar-refractivity contribution in [3.05, 3.63) is 0 Å². The van der Waals surface area contributed by atoms with Crippen LogP contribution in [0.25, 0.3) is 0 Å². The standard InChI is InChI=1S/C8H16O2.Zr/c1-3-5-8(10)7(4-2)6-9;/h7,9H,3-6H2,1-2H3;. The van der Waals surface area contributed by atoms with E-state index in [0.29, 0.717) is 6.42 Å². The maximum atomic E-state index is 11.0. The SMILES string of the molecule is CCCC(=O)C(CC)CO.[Zr]. The van der Waals surface area contributed by atoms with Gasteiger partial charge in [-0.05, 0) is 12.8 Å². The Kier molecular flexibility index (Phi) is 11.0. The van der Waals surface area contributed by atoms with Crippen LogP contribution in [0.15, 0.2) is 0 Å². The fourth-order valence-corrected chi connectivity index (χ4v) is 0.909. The van der Waals surface area contributed by atoms with E-state index >= 15 is 0 Å². The molecule has 11 heavy (non-hydrogen) atoms. The molecule has 1 N–H and O–H groups in total. The molecule has 0 rings (SSSR count). The third kappa shape index (κ3) is 5.75. The van der Waals surface area contributed by atoms with E-state index in [4.69, 9.17) is 5.11 Å². The summed E-state index contributed by atoms with van der Waals surface area (Å²) >= 11 is 0. The van der Waals surface area contributed by atoms with Gasteiger partial charge in [0.05, 0.1) is 6.61 Å². The molecule has 1 atom stereocenters. The van der Waals surface area contributed by atoms with Crippen molar-refractivity contribution in [1.82, 2.24) is 0 Å². The molecule has 0 saturated heterocycles. The summed E-state index contributed by atoms with van der Waals surface area (Å²) in [6, 6.07) is 0. The Labute approximate surface area is 87.5 Å². The minimum absolute atomic E-state index is 0. The average molecular weight is 235 g/mol. The number of aliphatic hydroxyl groups excluding tert-OH is 1. The monoisotopic (exact) mass is 234 g/mol. The fraction of sp³-hybridized carbons (Fsp3) is 0.875. The largest absolute Gasteiger partial charge is 0.396 e. The Hall–Kier alpha value is 0.513. The predicted molar refractivity (Wildman–Crippen MR) is 40.8 cm³/mol. The molecule has 0 aromatic heterocycles. The normalized spacial score (nSPS) is 11.9. The zero-order chi connectivity index (χ0) is 7.98. The van der Waals surface area contributed by atoms with Crippen LogP contribution in [0.2, 0.25) is 0 Å². The Balaban J connectivity index is 0. The summed E-state index contributed by atoms with van der Waals surface area (Å²) in [6.07, 6.45) is 2.25. The topological polar surface area (TPSA) is 37.3 Å². The minimum atomic E-state index is -0.111. The van der Waals surface area contributed by atoms with Gasteiger partial charge in [-0.3, -0.25) is 4.79 Å². The number of Topliss-reactive ketones (excluding diaryl/α,β-unsaturated/α-hetero) is 1. The first-order valence-corrected chi connectivity index (χ1v) is 3.89. The van der Waals surface area contributed by atoms with E-state index in [9.17, 15) is 4.79 Å². The molecule has 0 radical (unpaired) electrons. The molecular formula is C8H16O2Zr. The zero-order valence-corrected chi connectivity index (χ0v) is 9.72. The second-order valence-corrected chi connectivity index (χ2v) is 2.50. The third-order valence-electron chi connectivity index (χ3n) is 1.66. The van der Waals surface area contributed by atoms with Crippen molar-refractivity contribution in [2.45, 2.75) is 33.1 Å². The van der Waals surface area contributed by atoms with Gasteiger partial charge < -0.3 is 5.11 Å². The van der Waals surface area contributed by atoms with E-state index in [1.54, 1.807) is 0 Å². The van der Waals surface area contributed by atoms with Gasteiger partial charge in [-0.25, -0.2) is 0 Å². The van der Waals surface area contributed by atoms with E-state index in [1.807, 2.05) is 13.8 Å². The molecule has 3 heteroatoms. The second kappa shape index (κ2) is 8.61. The van der Waals surface area contributed by atoms with Gasteiger partial charge >= 0.3 is 0 Å². The third-order valence-corrected chi connectivity index (χ3v) is 1.66. The van der Waals surface area contributed by atoms with Gasteiger partial charge in [0.2, 0.25) is 0 Å². The molecule has 0 bridgehead atoms. The van der Waals surface area contributed by atoms with Crippen LogP contribution in [0.4, 0.5) is 0 Å². The van der Waals surface area contributed by atoms with Gasteiger partial charge in [0, 0.05) is 38.5 Å².